The molecule has 0 unspecified atom stereocenters. The van der Waals surface area contributed by atoms with E-state index in [1.807, 2.05) is 0 Å². The van der Waals surface area contributed by atoms with Gasteiger partial charge in [-0.1, -0.05) is 15.9 Å². The number of aromatic amines is 1. The fourth-order valence-electron chi connectivity index (χ4n) is 1.55. The number of carboxylic acid groups (broad SMARTS) is 1. The van der Waals surface area contributed by atoms with Crippen LogP contribution in [0.2, 0.25) is 0 Å². The van der Waals surface area contributed by atoms with Crippen LogP contribution in [-0.4, -0.2) is 26.0 Å². The minimum Gasteiger partial charge on any atom is -0.493 e. The average Bonchev–Trinajstić information content (AvgIpc) is 2.58. The minimum atomic E-state index is -1.18. The Bertz CT molecular complexity index is 642. The predicted octanol–water partition coefficient (Wildman–Crippen LogP) is 1.26. The molecule has 1 heterocycles. The van der Waals surface area contributed by atoms with Crippen LogP contribution >= 0.6 is 15.9 Å². The number of carboxylic acids is 1. The summed E-state index contributed by atoms with van der Waals surface area (Å²) in [6.07, 6.45) is -0.523. The number of aromatic nitrogens is 2. The number of H-pyrrole nitrogens is 1. The molecule has 18 heavy (non-hydrogen) atoms. The topological polar surface area (TPSA) is 95.3 Å². The van der Waals surface area contributed by atoms with Gasteiger partial charge in [0.2, 0.25) is 5.88 Å². The monoisotopic (exact) mass is 312 g/mol. The standard InChI is InChI=1S/C11H9BrN2O4/c12-6-1-3-7(4-2-6)14-11(18)8(5-9(15)16)10(17)13-14/h1-4,18H,5H2,(H,13,17)(H,15,16). The summed E-state index contributed by atoms with van der Waals surface area (Å²) in [5.74, 6) is -1.56. The summed E-state index contributed by atoms with van der Waals surface area (Å²) in [6.45, 7) is 0. The summed E-state index contributed by atoms with van der Waals surface area (Å²) in [5, 5.41) is 20.9. The zero-order valence-corrected chi connectivity index (χ0v) is 10.6. The Morgan fingerprint density at radius 2 is 1.94 bits per heavy atom. The first-order valence-corrected chi connectivity index (χ1v) is 5.79. The molecule has 0 saturated carbocycles. The van der Waals surface area contributed by atoms with Crippen molar-refractivity contribution in [1.29, 1.82) is 0 Å². The van der Waals surface area contributed by atoms with Crippen LogP contribution in [0.15, 0.2) is 33.5 Å². The molecule has 0 fully saturated rings. The van der Waals surface area contributed by atoms with Crippen LogP contribution in [0.5, 0.6) is 5.88 Å². The molecule has 0 aliphatic heterocycles. The molecule has 0 radical (unpaired) electrons. The zero-order valence-electron chi connectivity index (χ0n) is 9.05. The van der Waals surface area contributed by atoms with Crippen molar-refractivity contribution in [2.45, 2.75) is 6.42 Å². The molecule has 1 aromatic carbocycles. The van der Waals surface area contributed by atoms with Crippen molar-refractivity contribution in [3.05, 3.63) is 44.7 Å². The normalized spacial score (nSPS) is 10.5. The zero-order chi connectivity index (χ0) is 13.3. The second-order valence-corrected chi connectivity index (χ2v) is 4.54. The maximum Gasteiger partial charge on any atom is 0.308 e. The lowest BCUT2D eigenvalue weighted by Gasteiger charge is -2.04. The minimum absolute atomic E-state index is 0.162. The van der Waals surface area contributed by atoms with E-state index < -0.39 is 17.9 Å². The lowest BCUT2D eigenvalue weighted by molar-refractivity contribution is -0.136. The molecule has 0 saturated heterocycles. The van der Waals surface area contributed by atoms with Gasteiger partial charge in [0.05, 0.1) is 17.7 Å². The van der Waals surface area contributed by atoms with Gasteiger partial charge in [0.1, 0.15) is 0 Å². The highest BCUT2D eigenvalue weighted by Crippen LogP contribution is 2.20. The highest BCUT2D eigenvalue weighted by Gasteiger charge is 2.17. The van der Waals surface area contributed by atoms with Gasteiger partial charge in [0, 0.05) is 4.47 Å². The van der Waals surface area contributed by atoms with Gasteiger partial charge in [-0.3, -0.25) is 14.7 Å². The predicted molar refractivity (Wildman–Crippen MR) is 67.1 cm³/mol. The molecule has 0 aliphatic rings. The summed E-state index contributed by atoms with van der Waals surface area (Å²) in [5.41, 5.74) is -0.243. The fourth-order valence-corrected chi connectivity index (χ4v) is 1.81. The Labute approximate surface area is 110 Å². The quantitative estimate of drug-likeness (QED) is 0.795. The number of nitrogens with zero attached hydrogens (tertiary/aromatic N) is 1. The third-order valence-corrected chi connectivity index (χ3v) is 2.91. The summed E-state index contributed by atoms with van der Waals surface area (Å²) in [7, 11) is 0. The number of rotatable bonds is 3. The molecule has 0 spiro atoms. The number of hydrogen-bond acceptors (Lipinski definition) is 3. The van der Waals surface area contributed by atoms with Gasteiger partial charge in [-0.25, -0.2) is 4.68 Å². The Morgan fingerprint density at radius 1 is 1.33 bits per heavy atom. The fraction of sp³-hybridized carbons (Fsp3) is 0.0909. The molecule has 2 aromatic rings. The Morgan fingerprint density at radius 3 is 2.50 bits per heavy atom. The van der Waals surface area contributed by atoms with Crippen LogP contribution in [-0.2, 0) is 11.2 Å². The van der Waals surface area contributed by atoms with Crippen LogP contribution in [0.4, 0.5) is 0 Å². The SMILES string of the molecule is O=C(O)Cc1c(O)n(-c2ccc(Br)cc2)[nH]c1=O. The molecule has 2 rings (SSSR count). The Balaban J connectivity index is 2.50. The van der Waals surface area contributed by atoms with Crippen molar-refractivity contribution in [2.75, 3.05) is 0 Å². The lowest BCUT2D eigenvalue weighted by atomic mass is 10.2. The van der Waals surface area contributed by atoms with Gasteiger partial charge in [0.15, 0.2) is 0 Å². The Hall–Kier alpha value is -2.02. The molecule has 94 valence electrons. The third kappa shape index (κ3) is 2.30. The first-order chi connectivity index (χ1) is 8.49. The number of carbonyl (C=O) groups is 1. The van der Waals surface area contributed by atoms with E-state index in [0.717, 1.165) is 9.15 Å². The van der Waals surface area contributed by atoms with Gasteiger partial charge in [-0.15, -0.1) is 0 Å². The molecular formula is C11H9BrN2O4. The van der Waals surface area contributed by atoms with Gasteiger partial charge in [-0.2, -0.15) is 0 Å². The van der Waals surface area contributed by atoms with E-state index in [0.29, 0.717) is 5.69 Å². The van der Waals surface area contributed by atoms with E-state index >= 15 is 0 Å². The number of aromatic hydroxyl groups is 1. The lowest BCUT2D eigenvalue weighted by Crippen LogP contribution is -2.11. The van der Waals surface area contributed by atoms with Crippen LogP contribution in [0, 0.1) is 0 Å². The van der Waals surface area contributed by atoms with E-state index in [1.165, 1.54) is 0 Å². The van der Waals surface area contributed by atoms with Crippen molar-refractivity contribution in [3.8, 4) is 11.6 Å². The van der Waals surface area contributed by atoms with E-state index in [-0.39, 0.29) is 11.4 Å². The second-order valence-electron chi connectivity index (χ2n) is 3.63. The van der Waals surface area contributed by atoms with E-state index in [2.05, 4.69) is 21.0 Å². The number of nitrogens with one attached hydrogen (secondary N) is 1. The molecule has 0 atom stereocenters. The van der Waals surface area contributed by atoms with E-state index in [9.17, 15) is 14.7 Å². The first kappa shape index (κ1) is 12.4. The smallest absolute Gasteiger partial charge is 0.308 e. The van der Waals surface area contributed by atoms with Gasteiger partial charge in [0.25, 0.3) is 5.56 Å². The van der Waals surface area contributed by atoms with Crippen molar-refractivity contribution >= 4 is 21.9 Å². The maximum atomic E-state index is 11.5. The first-order valence-electron chi connectivity index (χ1n) is 4.99. The average molecular weight is 313 g/mol. The van der Waals surface area contributed by atoms with Crippen LogP contribution < -0.4 is 5.56 Å². The van der Waals surface area contributed by atoms with E-state index in [1.54, 1.807) is 24.3 Å². The molecule has 0 bridgehead atoms. The molecule has 7 heteroatoms. The van der Waals surface area contributed by atoms with Crippen molar-refractivity contribution < 1.29 is 15.0 Å². The molecule has 0 aliphatic carbocycles. The van der Waals surface area contributed by atoms with Crippen molar-refractivity contribution in [2.24, 2.45) is 0 Å². The van der Waals surface area contributed by atoms with Crippen LogP contribution in [0.25, 0.3) is 5.69 Å². The number of hydrogen-bond donors (Lipinski definition) is 3. The number of halogens is 1. The third-order valence-electron chi connectivity index (χ3n) is 2.38. The van der Waals surface area contributed by atoms with Gasteiger partial charge in [-0.05, 0) is 24.3 Å². The molecule has 3 N–H and O–H groups in total. The summed E-state index contributed by atoms with van der Waals surface area (Å²) in [6, 6.07) is 6.82. The summed E-state index contributed by atoms with van der Waals surface area (Å²) >= 11 is 3.27. The Kier molecular flexibility index (Phi) is 3.24. The maximum absolute atomic E-state index is 11.5. The largest absolute Gasteiger partial charge is 0.493 e. The summed E-state index contributed by atoms with van der Waals surface area (Å²) in [4.78, 5) is 22.1. The van der Waals surface area contributed by atoms with Crippen molar-refractivity contribution in [1.82, 2.24) is 9.78 Å². The van der Waals surface area contributed by atoms with Crippen LogP contribution in [0.1, 0.15) is 5.56 Å². The number of benzene rings is 1. The van der Waals surface area contributed by atoms with E-state index in [4.69, 9.17) is 5.11 Å². The molecular weight excluding hydrogens is 304 g/mol. The molecule has 0 amide bonds. The van der Waals surface area contributed by atoms with Gasteiger partial charge >= 0.3 is 5.97 Å². The highest BCUT2D eigenvalue weighted by atomic mass is 79.9. The van der Waals surface area contributed by atoms with Crippen molar-refractivity contribution in [3.63, 3.8) is 0 Å². The van der Waals surface area contributed by atoms with Gasteiger partial charge < -0.3 is 10.2 Å². The molecule has 6 nitrogen and oxygen atoms in total. The van der Waals surface area contributed by atoms with Crippen LogP contribution in [0.3, 0.4) is 0 Å². The summed E-state index contributed by atoms with van der Waals surface area (Å²) < 4.78 is 2.00. The molecule has 1 aromatic heterocycles. The number of aliphatic carboxylic acids is 1. The highest BCUT2D eigenvalue weighted by molar-refractivity contribution is 9.10. The second kappa shape index (κ2) is 4.69.